The standard InChI is InChI=1S/C20H21NO5/c1-2-3-4-5-8-15(22)13-14(20(25)26)11-12-21-18(23)16-9-6-7-10-17(16)19(21)24/h6-7,9-10,14H,2-4,11-13H2,1H3,(H,25,26). The fourth-order valence-electron chi connectivity index (χ4n) is 2.74. The Hall–Kier alpha value is -2.94. The van der Waals surface area contributed by atoms with Gasteiger partial charge in [0.1, 0.15) is 0 Å². The Morgan fingerprint density at radius 3 is 2.31 bits per heavy atom. The van der Waals surface area contributed by atoms with Crippen molar-refractivity contribution in [3.8, 4) is 11.8 Å². The van der Waals surface area contributed by atoms with Crippen LogP contribution in [-0.4, -0.2) is 40.1 Å². The lowest BCUT2D eigenvalue weighted by Gasteiger charge is -2.16. The van der Waals surface area contributed by atoms with E-state index in [0.717, 1.165) is 17.7 Å². The number of ketones is 1. The van der Waals surface area contributed by atoms with Crippen LogP contribution in [0.15, 0.2) is 24.3 Å². The molecule has 1 N–H and O–H groups in total. The van der Waals surface area contributed by atoms with E-state index in [1.807, 2.05) is 6.92 Å². The molecule has 1 atom stereocenters. The normalized spacial score (nSPS) is 13.8. The maximum Gasteiger partial charge on any atom is 0.307 e. The van der Waals surface area contributed by atoms with Gasteiger partial charge >= 0.3 is 5.97 Å². The highest BCUT2D eigenvalue weighted by molar-refractivity contribution is 6.21. The second-order valence-electron chi connectivity index (χ2n) is 6.16. The Balaban J connectivity index is 1.96. The average Bonchev–Trinajstić information content (AvgIpc) is 2.87. The Labute approximate surface area is 152 Å². The van der Waals surface area contributed by atoms with Gasteiger partial charge in [0.05, 0.1) is 17.0 Å². The number of carboxylic acids is 1. The highest BCUT2D eigenvalue weighted by Crippen LogP contribution is 2.23. The summed E-state index contributed by atoms with van der Waals surface area (Å²) in [5.74, 6) is 1.80. The van der Waals surface area contributed by atoms with Crippen LogP contribution in [0.25, 0.3) is 0 Å². The minimum atomic E-state index is -1.13. The molecule has 1 heterocycles. The molecule has 1 aliphatic heterocycles. The Kier molecular flexibility index (Phi) is 6.67. The lowest BCUT2D eigenvalue weighted by atomic mass is 9.98. The number of fused-ring (bicyclic) bond motifs is 1. The van der Waals surface area contributed by atoms with Crippen molar-refractivity contribution in [2.45, 2.75) is 39.0 Å². The number of amides is 2. The van der Waals surface area contributed by atoms with E-state index in [4.69, 9.17) is 0 Å². The summed E-state index contributed by atoms with van der Waals surface area (Å²) in [6.45, 7) is 1.98. The first kappa shape index (κ1) is 19.4. The zero-order valence-corrected chi connectivity index (χ0v) is 14.7. The predicted octanol–water partition coefficient (Wildman–Crippen LogP) is 2.53. The third-order valence-corrected chi connectivity index (χ3v) is 4.24. The van der Waals surface area contributed by atoms with Gasteiger partial charge in [-0.2, -0.15) is 0 Å². The molecule has 1 unspecified atom stereocenters. The van der Waals surface area contributed by atoms with E-state index in [2.05, 4.69) is 11.8 Å². The lowest BCUT2D eigenvalue weighted by molar-refractivity contribution is -0.143. The number of Topliss-reactive ketones (excluding diaryl/α,β-unsaturated/α-hetero) is 1. The number of unbranched alkanes of at least 4 members (excludes halogenated alkanes) is 2. The number of benzene rings is 1. The van der Waals surface area contributed by atoms with Gasteiger partial charge in [-0.3, -0.25) is 24.1 Å². The first-order valence-corrected chi connectivity index (χ1v) is 8.65. The smallest absolute Gasteiger partial charge is 0.307 e. The van der Waals surface area contributed by atoms with Gasteiger partial charge in [0, 0.05) is 19.4 Å². The number of carbonyl (C=O) groups excluding carboxylic acids is 3. The summed E-state index contributed by atoms with van der Waals surface area (Å²) in [7, 11) is 0. The molecule has 26 heavy (non-hydrogen) atoms. The van der Waals surface area contributed by atoms with Crippen molar-refractivity contribution in [1.82, 2.24) is 4.90 Å². The number of rotatable bonds is 8. The van der Waals surface area contributed by atoms with Crippen molar-refractivity contribution >= 4 is 23.6 Å². The Morgan fingerprint density at radius 2 is 1.77 bits per heavy atom. The van der Waals surface area contributed by atoms with Gasteiger partial charge in [0.2, 0.25) is 5.78 Å². The molecule has 2 amide bonds. The van der Waals surface area contributed by atoms with Gasteiger partial charge in [-0.05, 0) is 30.9 Å². The van der Waals surface area contributed by atoms with Crippen LogP contribution in [0.1, 0.15) is 59.7 Å². The van der Waals surface area contributed by atoms with Crippen LogP contribution < -0.4 is 0 Å². The fourth-order valence-corrected chi connectivity index (χ4v) is 2.74. The van der Waals surface area contributed by atoms with Crippen LogP contribution in [0, 0.1) is 17.8 Å². The zero-order valence-electron chi connectivity index (χ0n) is 14.7. The molecule has 0 saturated carbocycles. The molecule has 2 rings (SSSR count). The van der Waals surface area contributed by atoms with E-state index in [9.17, 15) is 24.3 Å². The third-order valence-electron chi connectivity index (χ3n) is 4.24. The van der Waals surface area contributed by atoms with E-state index < -0.39 is 29.5 Å². The molecule has 0 bridgehead atoms. The van der Waals surface area contributed by atoms with Gasteiger partial charge in [0.15, 0.2) is 0 Å². The van der Waals surface area contributed by atoms with Gasteiger partial charge in [0.25, 0.3) is 11.8 Å². The zero-order chi connectivity index (χ0) is 19.1. The molecule has 0 saturated heterocycles. The van der Waals surface area contributed by atoms with E-state index >= 15 is 0 Å². The molecule has 0 aromatic heterocycles. The first-order valence-electron chi connectivity index (χ1n) is 8.65. The van der Waals surface area contributed by atoms with Gasteiger partial charge < -0.3 is 5.11 Å². The van der Waals surface area contributed by atoms with Crippen molar-refractivity contribution in [2.75, 3.05) is 6.54 Å². The number of hydrogen-bond donors (Lipinski definition) is 1. The van der Waals surface area contributed by atoms with Gasteiger partial charge in [-0.15, -0.1) is 0 Å². The summed E-state index contributed by atoms with van der Waals surface area (Å²) >= 11 is 0. The van der Waals surface area contributed by atoms with Gasteiger partial charge in [-0.25, -0.2) is 0 Å². The quantitative estimate of drug-likeness (QED) is 0.335. The third kappa shape index (κ3) is 4.57. The van der Waals surface area contributed by atoms with Gasteiger partial charge in [-0.1, -0.05) is 31.4 Å². The van der Waals surface area contributed by atoms with Crippen LogP contribution in [0.3, 0.4) is 0 Å². The van der Waals surface area contributed by atoms with Crippen molar-refractivity contribution < 1.29 is 24.3 Å². The van der Waals surface area contributed by atoms with E-state index in [1.165, 1.54) is 0 Å². The summed E-state index contributed by atoms with van der Waals surface area (Å²) in [6.07, 6.45) is 2.26. The minimum Gasteiger partial charge on any atom is -0.481 e. The molecule has 0 fully saturated rings. The molecule has 0 radical (unpaired) electrons. The van der Waals surface area contributed by atoms with Crippen LogP contribution in [0.5, 0.6) is 0 Å². The van der Waals surface area contributed by atoms with E-state index in [1.54, 1.807) is 24.3 Å². The summed E-state index contributed by atoms with van der Waals surface area (Å²) in [4.78, 5) is 48.9. The SMILES string of the molecule is CCCCC#CC(=O)CC(CCN1C(=O)c2ccccc2C1=O)C(=O)O. The molecule has 136 valence electrons. The van der Waals surface area contributed by atoms with Crippen molar-refractivity contribution in [2.24, 2.45) is 5.92 Å². The largest absolute Gasteiger partial charge is 0.481 e. The maximum atomic E-state index is 12.3. The highest BCUT2D eigenvalue weighted by atomic mass is 16.4. The number of imide groups is 1. The molecular weight excluding hydrogens is 334 g/mol. The summed E-state index contributed by atoms with van der Waals surface area (Å²) in [6, 6.07) is 6.48. The van der Waals surface area contributed by atoms with Crippen LogP contribution in [0.4, 0.5) is 0 Å². The van der Waals surface area contributed by atoms with Crippen LogP contribution >= 0.6 is 0 Å². The van der Waals surface area contributed by atoms with Crippen molar-refractivity contribution in [3.05, 3.63) is 35.4 Å². The molecular formula is C20H21NO5. The second kappa shape index (κ2) is 8.95. The summed E-state index contributed by atoms with van der Waals surface area (Å²) < 4.78 is 0. The molecule has 1 aromatic rings. The number of hydrogen-bond acceptors (Lipinski definition) is 4. The number of aliphatic carboxylic acids is 1. The predicted molar refractivity (Wildman–Crippen MR) is 94.5 cm³/mol. The summed E-state index contributed by atoms with van der Waals surface area (Å²) in [5.41, 5.74) is 0.643. The second-order valence-corrected chi connectivity index (χ2v) is 6.16. The highest BCUT2D eigenvalue weighted by Gasteiger charge is 2.35. The molecule has 1 aromatic carbocycles. The molecule has 1 aliphatic rings. The van der Waals surface area contributed by atoms with Crippen LogP contribution in [-0.2, 0) is 9.59 Å². The first-order chi connectivity index (χ1) is 12.5. The Bertz CT molecular complexity index is 752. The topological polar surface area (TPSA) is 91.8 Å². The molecule has 0 spiro atoms. The molecule has 6 nitrogen and oxygen atoms in total. The fraction of sp³-hybridized carbons (Fsp3) is 0.400. The maximum absolute atomic E-state index is 12.3. The van der Waals surface area contributed by atoms with E-state index in [-0.39, 0.29) is 19.4 Å². The number of carbonyl (C=O) groups is 4. The minimum absolute atomic E-state index is 0.0170. The van der Waals surface area contributed by atoms with Crippen LogP contribution in [0.2, 0.25) is 0 Å². The van der Waals surface area contributed by atoms with Crippen molar-refractivity contribution in [1.29, 1.82) is 0 Å². The summed E-state index contributed by atoms with van der Waals surface area (Å²) in [5, 5.41) is 9.32. The monoisotopic (exact) mass is 355 g/mol. The van der Waals surface area contributed by atoms with E-state index in [0.29, 0.717) is 17.5 Å². The number of carboxylic acid groups (broad SMARTS) is 1. The molecule has 6 heteroatoms. The number of nitrogens with zero attached hydrogens (tertiary/aromatic N) is 1. The Morgan fingerprint density at radius 1 is 1.15 bits per heavy atom. The van der Waals surface area contributed by atoms with Crippen molar-refractivity contribution in [3.63, 3.8) is 0 Å². The average molecular weight is 355 g/mol. The lowest BCUT2D eigenvalue weighted by Crippen LogP contribution is -2.33. The molecule has 0 aliphatic carbocycles.